The minimum atomic E-state index is -0.456. The quantitative estimate of drug-likeness (QED) is 0.600. The summed E-state index contributed by atoms with van der Waals surface area (Å²) in [6, 6.07) is 11.0. The van der Waals surface area contributed by atoms with E-state index in [1.165, 1.54) is 12.1 Å². The fourth-order valence-corrected chi connectivity index (χ4v) is 2.08. The molecule has 2 aromatic carbocycles. The van der Waals surface area contributed by atoms with Crippen LogP contribution < -0.4 is 4.74 Å². The van der Waals surface area contributed by atoms with E-state index in [0.717, 1.165) is 0 Å². The standard InChI is InChI=1S/C12H7BrClNO3/c13-11-7-8(14)1-6-12(11)18-10-4-2-9(3-5-10)15(16)17/h1-7H. The lowest BCUT2D eigenvalue weighted by atomic mass is 10.3. The zero-order chi connectivity index (χ0) is 13.1. The Morgan fingerprint density at radius 2 is 1.83 bits per heavy atom. The number of nitro benzene ring substituents is 1. The Balaban J connectivity index is 2.21. The van der Waals surface area contributed by atoms with Gasteiger partial charge in [0.25, 0.3) is 5.69 Å². The first-order valence-electron chi connectivity index (χ1n) is 4.93. The Labute approximate surface area is 116 Å². The second-order valence-corrected chi connectivity index (χ2v) is 4.72. The van der Waals surface area contributed by atoms with Crippen LogP contribution in [-0.2, 0) is 0 Å². The molecule has 0 atom stereocenters. The van der Waals surface area contributed by atoms with Crippen molar-refractivity contribution in [2.45, 2.75) is 0 Å². The number of nitrogens with zero attached hydrogens (tertiary/aromatic N) is 1. The number of halogens is 2. The first kappa shape index (κ1) is 12.9. The molecule has 0 aliphatic rings. The van der Waals surface area contributed by atoms with E-state index in [4.69, 9.17) is 16.3 Å². The van der Waals surface area contributed by atoms with Gasteiger partial charge in [0.2, 0.25) is 0 Å². The Morgan fingerprint density at radius 3 is 2.39 bits per heavy atom. The smallest absolute Gasteiger partial charge is 0.269 e. The normalized spacial score (nSPS) is 10.1. The summed E-state index contributed by atoms with van der Waals surface area (Å²) >= 11 is 9.14. The Kier molecular flexibility index (Phi) is 3.84. The second kappa shape index (κ2) is 5.37. The molecule has 4 nitrogen and oxygen atoms in total. The van der Waals surface area contributed by atoms with Gasteiger partial charge in [-0.05, 0) is 46.3 Å². The maximum Gasteiger partial charge on any atom is 0.269 e. The van der Waals surface area contributed by atoms with Gasteiger partial charge in [-0.25, -0.2) is 0 Å². The van der Waals surface area contributed by atoms with Crippen LogP contribution in [0.5, 0.6) is 11.5 Å². The molecule has 0 spiro atoms. The van der Waals surface area contributed by atoms with Crippen LogP contribution in [0.3, 0.4) is 0 Å². The van der Waals surface area contributed by atoms with Crippen LogP contribution in [0.15, 0.2) is 46.9 Å². The van der Waals surface area contributed by atoms with E-state index in [1.54, 1.807) is 30.3 Å². The summed E-state index contributed by atoms with van der Waals surface area (Å²) in [5, 5.41) is 11.1. The van der Waals surface area contributed by atoms with Crippen molar-refractivity contribution in [2.75, 3.05) is 0 Å². The van der Waals surface area contributed by atoms with Crippen LogP contribution in [0.25, 0.3) is 0 Å². The molecule has 0 radical (unpaired) electrons. The van der Waals surface area contributed by atoms with E-state index in [-0.39, 0.29) is 5.69 Å². The summed E-state index contributed by atoms with van der Waals surface area (Å²) in [5.41, 5.74) is 0.0255. The average molecular weight is 329 g/mol. The molecule has 0 aliphatic carbocycles. The molecule has 0 saturated carbocycles. The molecule has 0 aromatic heterocycles. The molecule has 2 rings (SSSR count). The molecule has 92 valence electrons. The first-order valence-corrected chi connectivity index (χ1v) is 6.11. The summed E-state index contributed by atoms with van der Waals surface area (Å²) in [5.74, 6) is 1.11. The lowest BCUT2D eigenvalue weighted by Crippen LogP contribution is -1.89. The Morgan fingerprint density at radius 1 is 1.17 bits per heavy atom. The molecule has 0 bridgehead atoms. The summed E-state index contributed by atoms with van der Waals surface area (Å²) in [6.45, 7) is 0. The summed E-state index contributed by atoms with van der Waals surface area (Å²) < 4.78 is 6.29. The van der Waals surface area contributed by atoms with Gasteiger partial charge >= 0.3 is 0 Å². The SMILES string of the molecule is O=[N+]([O-])c1ccc(Oc2ccc(Cl)cc2Br)cc1. The maximum atomic E-state index is 10.5. The predicted molar refractivity (Wildman–Crippen MR) is 72.3 cm³/mol. The van der Waals surface area contributed by atoms with Gasteiger partial charge in [0.05, 0.1) is 9.40 Å². The average Bonchev–Trinajstić information content (AvgIpc) is 2.33. The van der Waals surface area contributed by atoms with Gasteiger partial charge in [-0.15, -0.1) is 0 Å². The third kappa shape index (κ3) is 3.00. The number of benzene rings is 2. The monoisotopic (exact) mass is 327 g/mol. The fourth-order valence-electron chi connectivity index (χ4n) is 1.32. The van der Waals surface area contributed by atoms with E-state index in [1.807, 2.05) is 0 Å². The maximum absolute atomic E-state index is 10.5. The number of non-ortho nitro benzene ring substituents is 1. The highest BCUT2D eigenvalue weighted by Gasteiger charge is 2.07. The summed E-state index contributed by atoms with van der Waals surface area (Å²) in [6.07, 6.45) is 0. The van der Waals surface area contributed by atoms with E-state index < -0.39 is 4.92 Å². The third-order valence-corrected chi connectivity index (χ3v) is 3.02. The predicted octanol–water partition coefficient (Wildman–Crippen LogP) is 4.80. The van der Waals surface area contributed by atoms with E-state index >= 15 is 0 Å². The van der Waals surface area contributed by atoms with E-state index in [2.05, 4.69) is 15.9 Å². The van der Waals surface area contributed by atoms with Gasteiger partial charge in [0.15, 0.2) is 0 Å². The van der Waals surface area contributed by atoms with Crippen LogP contribution in [-0.4, -0.2) is 4.92 Å². The van der Waals surface area contributed by atoms with Crippen molar-refractivity contribution in [3.8, 4) is 11.5 Å². The number of nitro groups is 1. The number of rotatable bonds is 3. The largest absolute Gasteiger partial charge is 0.456 e. The fraction of sp³-hybridized carbons (Fsp3) is 0. The van der Waals surface area contributed by atoms with Crippen LogP contribution in [0.4, 0.5) is 5.69 Å². The highest BCUT2D eigenvalue weighted by Crippen LogP contribution is 2.32. The van der Waals surface area contributed by atoms with Crippen LogP contribution in [0, 0.1) is 10.1 Å². The summed E-state index contributed by atoms with van der Waals surface area (Å²) in [4.78, 5) is 10.0. The molecule has 0 heterocycles. The van der Waals surface area contributed by atoms with Crippen molar-refractivity contribution in [2.24, 2.45) is 0 Å². The van der Waals surface area contributed by atoms with Crippen molar-refractivity contribution < 1.29 is 9.66 Å². The van der Waals surface area contributed by atoms with Gasteiger partial charge in [-0.2, -0.15) is 0 Å². The molecule has 0 N–H and O–H groups in total. The van der Waals surface area contributed by atoms with Gasteiger partial charge in [-0.1, -0.05) is 11.6 Å². The lowest BCUT2D eigenvalue weighted by molar-refractivity contribution is -0.384. The second-order valence-electron chi connectivity index (χ2n) is 3.43. The molecule has 6 heteroatoms. The molecular formula is C12H7BrClNO3. The first-order chi connectivity index (χ1) is 8.56. The molecule has 0 saturated heterocycles. The van der Waals surface area contributed by atoms with Gasteiger partial charge in [-0.3, -0.25) is 10.1 Å². The topological polar surface area (TPSA) is 52.4 Å². The number of hydrogen-bond donors (Lipinski definition) is 0. The van der Waals surface area contributed by atoms with Gasteiger partial charge in [0, 0.05) is 17.2 Å². The number of hydrogen-bond acceptors (Lipinski definition) is 3. The van der Waals surface area contributed by atoms with Crippen molar-refractivity contribution in [3.05, 3.63) is 62.1 Å². The Hall–Kier alpha value is -1.59. The minimum absolute atomic E-state index is 0.0255. The number of ether oxygens (including phenoxy) is 1. The minimum Gasteiger partial charge on any atom is -0.456 e. The molecule has 0 unspecified atom stereocenters. The molecule has 18 heavy (non-hydrogen) atoms. The summed E-state index contributed by atoms with van der Waals surface area (Å²) in [7, 11) is 0. The zero-order valence-corrected chi connectivity index (χ0v) is 11.3. The highest BCUT2D eigenvalue weighted by atomic mass is 79.9. The van der Waals surface area contributed by atoms with Crippen LogP contribution in [0.1, 0.15) is 0 Å². The highest BCUT2D eigenvalue weighted by molar-refractivity contribution is 9.10. The molecule has 2 aromatic rings. The van der Waals surface area contributed by atoms with Crippen molar-refractivity contribution in [1.82, 2.24) is 0 Å². The van der Waals surface area contributed by atoms with E-state index in [9.17, 15) is 10.1 Å². The Bertz CT molecular complexity index is 586. The van der Waals surface area contributed by atoms with Crippen LogP contribution in [0.2, 0.25) is 5.02 Å². The third-order valence-electron chi connectivity index (χ3n) is 2.17. The van der Waals surface area contributed by atoms with E-state index in [0.29, 0.717) is 21.0 Å². The van der Waals surface area contributed by atoms with Crippen LogP contribution >= 0.6 is 27.5 Å². The molecular weight excluding hydrogens is 321 g/mol. The van der Waals surface area contributed by atoms with Crippen molar-refractivity contribution in [3.63, 3.8) is 0 Å². The van der Waals surface area contributed by atoms with Gasteiger partial charge < -0.3 is 4.74 Å². The zero-order valence-electron chi connectivity index (χ0n) is 8.97. The molecule has 0 fully saturated rings. The van der Waals surface area contributed by atoms with Crippen molar-refractivity contribution >= 4 is 33.2 Å². The lowest BCUT2D eigenvalue weighted by Gasteiger charge is -2.07. The van der Waals surface area contributed by atoms with Crippen molar-refractivity contribution in [1.29, 1.82) is 0 Å². The molecule has 0 aliphatic heterocycles. The molecule has 0 amide bonds. The van der Waals surface area contributed by atoms with Gasteiger partial charge in [0.1, 0.15) is 11.5 Å².